The molecule has 4 rings (SSSR count). The molecule has 4 nitrogen and oxygen atoms in total. The maximum Gasteiger partial charge on any atom is 0.223 e. The highest BCUT2D eigenvalue weighted by atomic mass is 16.5. The summed E-state index contributed by atoms with van der Waals surface area (Å²) < 4.78 is 7.70. The van der Waals surface area contributed by atoms with Crippen LogP contribution in [0.3, 0.4) is 0 Å². The molecule has 28 heavy (non-hydrogen) atoms. The van der Waals surface area contributed by atoms with Gasteiger partial charge in [-0.2, -0.15) is 0 Å². The summed E-state index contributed by atoms with van der Waals surface area (Å²) in [7, 11) is 0. The van der Waals surface area contributed by atoms with E-state index in [1.54, 1.807) is 0 Å². The molecule has 1 aliphatic heterocycles. The predicted octanol–water partition coefficient (Wildman–Crippen LogP) is 4.35. The number of carbonyl (C=O) groups excluding carboxylic acids is 1. The van der Waals surface area contributed by atoms with Crippen LogP contribution in [0.25, 0.3) is 10.9 Å². The highest BCUT2D eigenvalue weighted by molar-refractivity contribution is 5.86. The first kappa shape index (κ1) is 18.8. The first-order chi connectivity index (χ1) is 13.7. The first-order valence-electron chi connectivity index (χ1n) is 10.2. The van der Waals surface area contributed by atoms with Crippen molar-refractivity contribution < 1.29 is 9.53 Å². The van der Waals surface area contributed by atoms with Crippen LogP contribution in [0, 0.1) is 6.92 Å². The Labute approximate surface area is 166 Å². The van der Waals surface area contributed by atoms with Crippen molar-refractivity contribution in [2.24, 2.45) is 0 Å². The number of ether oxygens (including phenoxy) is 1. The van der Waals surface area contributed by atoms with Crippen LogP contribution in [0.5, 0.6) is 0 Å². The molecule has 1 amide bonds. The molecule has 0 N–H and O–H groups in total. The number of hydrogen-bond acceptors (Lipinski definition) is 2. The van der Waals surface area contributed by atoms with E-state index in [9.17, 15) is 4.79 Å². The van der Waals surface area contributed by atoms with E-state index in [1.165, 1.54) is 27.6 Å². The molecule has 1 aromatic heterocycles. The third-order valence-electron chi connectivity index (χ3n) is 5.72. The number of morpholine rings is 1. The monoisotopic (exact) mass is 376 g/mol. The second-order valence-electron chi connectivity index (χ2n) is 7.55. The van der Waals surface area contributed by atoms with Gasteiger partial charge in [0.1, 0.15) is 0 Å². The average molecular weight is 377 g/mol. The van der Waals surface area contributed by atoms with E-state index in [-0.39, 0.29) is 11.8 Å². The standard InChI is InChI=1S/C24H28N2O2/c1-3-25-17-22(20-9-4-5-10-23(20)25)21(19-8-6-7-18(2)15-19)16-24(27)26-11-13-28-14-12-26/h4-10,15,17,21H,3,11-14,16H2,1-2H3. The summed E-state index contributed by atoms with van der Waals surface area (Å²) >= 11 is 0. The van der Waals surface area contributed by atoms with Crippen molar-refractivity contribution in [3.63, 3.8) is 0 Å². The zero-order valence-electron chi connectivity index (χ0n) is 16.7. The van der Waals surface area contributed by atoms with Crippen LogP contribution in [0.15, 0.2) is 54.7 Å². The summed E-state index contributed by atoms with van der Waals surface area (Å²) in [6.07, 6.45) is 2.73. The normalized spacial score (nSPS) is 15.7. The number of amides is 1. The lowest BCUT2D eigenvalue weighted by Gasteiger charge is -2.29. The molecule has 1 atom stereocenters. The lowest BCUT2D eigenvalue weighted by molar-refractivity contribution is -0.135. The lowest BCUT2D eigenvalue weighted by Crippen LogP contribution is -2.41. The summed E-state index contributed by atoms with van der Waals surface area (Å²) in [6, 6.07) is 17.1. The van der Waals surface area contributed by atoms with Crippen LogP contribution in [0.2, 0.25) is 0 Å². The van der Waals surface area contributed by atoms with E-state index in [0.717, 1.165) is 6.54 Å². The van der Waals surface area contributed by atoms with Gasteiger partial charge in [-0.05, 0) is 31.0 Å². The van der Waals surface area contributed by atoms with Crippen LogP contribution < -0.4 is 0 Å². The number of para-hydroxylation sites is 1. The SMILES string of the molecule is CCn1cc(C(CC(=O)N2CCOCC2)c2cccc(C)c2)c2ccccc21. The Balaban J connectivity index is 1.76. The fourth-order valence-corrected chi connectivity index (χ4v) is 4.23. The van der Waals surface area contributed by atoms with Gasteiger partial charge in [-0.25, -0.2) is 0 Å². The maximum absolute atomic E-state index is 13.1. The Morgan fingerprint density at radius 3 is 2.64 bits per heavy atom. The number of benzene rings is 2. The van der Waals surface area contributed by atoms with Crippen molar-refractivity contribution in [2.45, 2.75) is 32.7 Å². The minimum Gasteiger partial charge on any atom is -0.378 e. The Morgan fingerprint density at radius 2 is 1.89 bits per heavy atom. The third-order valence-corrected chi connectivity index (χ3v) is 5.72. The second kappa shape index (κ2) is 8.19. The molecule has 0 saturated carbocycles. The van der Waals surface area contributed by atoms with E-state index in [4.69, 9.17) is 4.74 Å². The third kappa shape index (κ3) is 3.69. The number of hydrogen-bond donors (Lipinski definition) is 0. The molecule has 0 spiro atoms. The molecular formula is C24H28N2O2. The minimum atomic E-state index is 0.0490. The van der Waals surface area contributed by atoms with Crippen molar-refractivity contribution in [2.75, 3.05) is 26.3 Å². The largest absolute Gasteiger partial charge is 0.378 e. The lowest BCUT2D eigenvalue weighted by atomic mass is 9.87. The van der Waals surface area contributed by atoms with E-state index >= 15 is 0 Å². The Morgan fingerprint density at radius 1 is 1.11 bits per heavy atom. The molecule has 1 saturated heterocycles. The zero-order chi connectivity index (χ0) is 19.5. The van der Waals surface area contributed by atoms with E-state index in [1.807, 2.05) is 4.90 Å². The van der Waals surface area contributed by atoms with E-state index in [0.29, 0.717) is 32.7 Å². The molecule has 1 unspecified atom stereocenters. The fraction of sp³-hybridized carbons (Fsp3) is 0.375. The molecule has 2 heterocycles. The maximum atomic E-state index is 13.1. The van der Waals surface area contributed by atoms with Gasteiger partial charge in [-0.3, -0.25) is 4.79 Å². The highest BCUT2D eigenvalue weighted by Crippen LogP contribution is 2.35. The summed E-state index contributed by atoms with van der Waals surface area (Å²) in [4.78, 5) is 15.1. The summed E-state index contributed by atoms with van der Waals surface area (Å²) in [5.41, 5.74) is 4.90. The highest BCUT2D eigenvalue weighted by Gasteiger charge is 2.26. The predicted molar refractivity (Wildman–Crippen MR) is 113 cm³/mol. The molecule has 146 valence electrons. The molecular weight excluding hydrogens is 348 g/mol. The number of aryl methyl sites for hydroxylation is 2. The van der Waals surface area contributed by atoms with Crippen molar-refractivity contribution in [1.82, 2.24) is 9.47 Å². The molecule has 2 aromatic carbocycles. The summed E-state index contributed by atoms with van der Waals surface area (Å²) in [6.45, 7) is 7.84. The topological polar surface area (TPSA) is 34.5 Å². The van der Waals surface area contributed by atoms with Gasteiger partial charge in [0, 0.05) is 49.1 Å². The molecule has 3 aromatic rings. The van der Waals surface area contributed by atoms with Crippen molar-refractivity contribution in [3.8, 4) is 0 Å². The van der Waals surface area contributed by atoms with Crippen LogP contribution in [-0.2, 0) is 16.1 Å². The van der Waals surface area contributed by atoms with Gasteiger partial charge >= 0.3 is 0 Å². The number of carbonyl (C=O) groups is 1. The number of fused-ring (bicyclic) bond motifs is 1. The van der Waals surface area contributed by atoms with Crippen LogP contribution in [0.4, 0.5) is 0 Å². The van der Waals surface area contributed by atoms with Gasteiger partial charge in [-0.1, -0.05) is 48.0 Å². The van der Waals surface area contributed by atoms with Crippen LogP contribution in [0.1, 0.15) is 36.0 Å². The Hall–Kier alpha value is -2.59. The average Bonchev–Trinajstić information content (AvgIpc) is 3.11. The van der Waals surface area contributed by atoms with Gasteiger partial charge in [-0.15, -0.1) is 0 Å². The number of aromatic nitrogens is 1. The van der Waals surface area contributed by atoms with Gasteiger partial charge < -0.3 is 14.2 Å². The fourth-order valence-electron chi connectivity index (χ4n) is 4.23. The van der Waals surface area contributed by atoms with Gasteiger partial charge in [0.05, 0.1) is 13.2 Å². The van der Waals surface area contributed by atoms with Crippen molar-refractivity contribution in [1.29, 1.82) is 0 Å². The first-order valence-corrected chi connectivity index (χ1v) is 10.2. The molecule has 0 radical (unpaired) electrons. The minimum absolute atomic E-state index is 0.0490. The molecule has 0 aliphatic carbocycles. The van der Waals surface area contributed by atoms with Crippen molar-refractivity contribution >= 4 is 16.8 Å². The summed E-state index contributed by atoms with van der Waals surface area (Å²) in [5, 5.41) is 1.24. The molecule has 1 aliphatic rings. The van der Waals surface area contributed by atoms with Crippen LogP contribution >= 0.6 is 0 Å². The smallest absolute Gasteiger partial charge is 0.223 e. The Kier molecular flexibility index (Phi) is 5.49. The molecule has 4 heteroatoms. The second-order valence-corrected chi connectivity index (χ2v) is 7.55. The van der Waals surface area contributed by atoms with E-state index in [2.05, 4.69) is 73.1 Å². The molecule has 0 bridgehead atoms. The van der Waals surface area contributed by atoms with E-state index < -0.39 is 0 Å². The van der Waals surface area contributed by atoms with Crippen LogP contribution in [-0.4, -0.2) is 41.7 Å². The molecule has 1 fully saturated rings. The summed E-state index contributed by atoms with van der Waals surface area (Å²) in [5.74, 6) is 0.260. The van der Waals surface area contributed by atoms with Gasteiger partial charge in [0.2, 0.25) is 5.91 Å². The Bertz CT molecular complexity index is 970. The van der Waals surface area contributed by atoms with Gasteiger partial charge in [0.25, 0.3) is 0 Å². The van der Waals surface area contributed by atoms with Crippen molar-refractivity contribution in [3.05, 3.63) is 71.4 Å². The quantitative estimate of drug-likeness (QED) is 0.663. The zero-order valence-corrected chi connectivity index (χ0v) is 16.7. The number of rotatable bonds is 5. The van der Waals surface area contributed by atoms with Gasteiger partial charge in [0.15, 0.2) is 0 Å². The number of nitrogens with zero attached hydrogens (tertiary/aromatic N) is 2.